The second kappa shape index (κ2) is 7.72. The van der Waals surface area contributed by atoms with Crippen LogP contribution in [0.2, 0.25) is 0 Å². The van der Waals surface area contributed by atoms with E-state index >= 15 is 0 Å². The molecule has 9 heteroatoms. The van der Waals surface area contributed by atoms with E-state index in [0.717, 1.165) is 0 Å². The smallest absolute Gasteiger partial charge is 0.410 e. The molecule has 2 atom stereocenters. The third-order valence-electron chi connectivity index (χ3n) is 5.53. The summed E-state index contributed by atoms with van der Waals surface area (Å²) in [5.41, 5.74) is -1.29. The van der Waals surface area contributed by atoms with Crippen molar-refractivity contribution in [2.45, 2.75) is 45.6 Å². The molecule has 1 amide bonds. The fourth-order valence-corrected chi connectivity index (χ4v) is 4.78. The molecule has 0 radical (unpaired) electrons. The summed E-state index contributed by atoms with van der Waals surface area (Å²) in [5.74, 6) is -0.622. The SMILES string of the molecule is CC(C)COC(=O)N1C[C@@H](C2CCN(S(C)(=O)=O)CC2)C[C@@]1(C)C(=O)O. The lowest BCUT2D eigenvalue weighted by Gasteiger charge is -2.33. The van der Waals surface area contributed by atoms with E-state index in [2.05, 4.69) is 0 Å². The normalized spacial score (nSPS) is 28.5. The number of carboxylic acid groups (broad SMARTS) is 1. The van der Waals surface area contributed by atoms with Gasteiger partial charge in [-0.3, -0.25) is 4.90 Å². The predicted octanol–water partition coefficient (Wildman–Crippen LogP) is 1.62. The molecule has 0 saturated carbocycles. The van der Waals surface area contributed by atoms with Crippen LogP contribution in [0.1, 0.15) is 40.0 Å². The molecular weight excluding hydrogens is 360 g/mol. The van der Waals surface area contributed by atoms with Gasteiger partial charge in [-0.1, -0.05) is 13.8 Å². The van der Waals surface area contributed by atoms with E-state index in [1.165, 1.54) is 15.5 Å². The molecule has 2 saturated heterocycles. The lowest BCUT2D eigenvalue weighted by atomic mass is 9.81. The first-order valence-corrected chi connectivity index (χ1v) is 10.9. The van der Waals surface area contributed by atoms with Crippen LogP contribution in [0.3, 0.4) is 0 Å². The number of piperidine rings is 1. The Hall–Kier alpha value is -1.35. The first-order valence-electron chi connectivity index (χ1n) is 9.08. The molecular formula is C17H30N2O6S. The summed E-state index contributed by atoms with van der Waals surface area (Å²) in [6.07, 6.45) is 2.35. The van der Waals surface area contributed by atoms with Crippen LogP contribution in [0.25, 0.3) is 0 Å². The highest BCUT2D eigenvalue weighted by Crippen LogP contribution is 2.41. The maximum atomic E-state index is 12.4. The van der Waals surface area contributed by atoms with Crippen LogP contribution in [0.5, 0.6) is 0 Å². The van der Waals surface area contributed by atoms with Crippen molar-refractivity contribution in [2.24, 2.45) is 17.8 Å². The van der Waals surface area contributed by atoms with Gasteiger partial charge in [0.05, 0.1) is 12.9 Å². The van der Waals surface area contributed by atoms with Crippen molar-refractivity contribution in [3.05, 3.63) is 0 Å². The fraction of sp³-hybridized carbons (Fsp3) is 0.882. The zero-order valence-corrected chi connectivity index (χ0v) is 16.8. The molecule has 0 aromatic heterocycles. The number of ether oxygens (including phenoxy) is 1. The van der Waals surface area contributed by atoms with Gasteiger partial charge in [0.15, 0.2) is 0 Å². The maximum Gasteiger partial charge on any atom is 0.410 e. The Bertz CT molecular complexity index is 642. The molecule has 150 valence electrons. The van der Waals surface area contributed by atoms with E-state index in [9.17, 15) is 23.1 Å². The summed E-state index contributed by atoms with van der Waals surface area (Å²) < 4.78 is 30.0. The lowest BCUT2D eigenvalue weighted by Crippen LogP contribution is -2.51. The predicted molar refractivity (Wildman–Crippen MR) is 96.2 cm³/mol. The van der Waals surface area contributed by atoms with E-state index in [1.807, 2.05) is 13.8 Å². The summed E-state index contributed by atoms with van der Waals surface area (Å²) in [4.78, 5) is 25.6. The number of carboxylic acids is 1. The highest BCUT2D eigenvalue weighted by molar-refractivity contribution is 7.88. The Morgan fingerprint density at radius 2 is 1.81 bits per heavy atom. The molecule has 2 rings (SSSR count). The summed E-state index contributed by atoms with van der Waals surface area (Å²) in [7, 11) is -3.19. The van der Waals surface area contributed by atoms with Gasteiger partial charge in [-0.05, 0) is 43.9 Å². The second-order valence-electron chi connectivity index (χ2n) is 8.12. The molecule has 0 aliphatic carbocycles. The van der Waals surface area contributed by atoms with E-state index in [0.29, 0.717) is 38.9 Å². The first-order chi connectivity index (χ1) is 11.9. The molecule has 0 aromatic rings. The molecule has 8 nitrogen and oxygen atoms in total. The molecule has 2 heterocycles. The number of hydrogen-bond acceptors (Lipinski definition) is 5. The lowest BCUT2D eigenvalue weighted by molar-refractivity contribution is -0.147. The number of nitrogens with zero attached hydrogens (tertiary/aromatic N) is 2. The van der Waals surface area contributed by atoms with E-state index in [-0.39, 0.29) is 24.4 Å². The minimum atomic E-state index is -3.19. The Kier molecular flexibility index (Phi) is 6.22. The molecule has 0 bridgehead atoms. The van der Waals surface area contributed by atoms with E-state index in [4.69, 9.17) is 4.74 Å². The molecule has 0 unspecified atom stereocenters. The number of aliphatic carboxylic acids is 1. The zero-order valence-electron chi connectivity index (χ0n) is 16.0. The number of amides is 1. The average Bonchev–Trinajstić information content (AvgIpc) is 2.91. The van der Waals surface area contributed by atoms with Gasteiger partial charge in [-0.2, -0.15) is 0 Å². The van der Waals surface area contributed by atoms with Gasteiger partial charge in [0.1, 0.15) is 5.54 Å². The zero-order chi connectivity index (χ0) is 19.7. The summed E-state index contributed by atoms with van der Waals surface area (Å²) >= 11 is 0. The number of likely N-dealkylation sites (tertiary alicyclic amines) is 1. The third-order valence-corrected chi connectivity index (χ3v) is 6.83. The number of carbonyl (C=O) groups is 2. The number of rotatable bonds is 5. The molecule has 2 aliphatic rings. The number of sulfonamides is 1. The maximum absolute atomic E-state index is 12.4. The topological polar surface area (TPSA) is 104 Å². The minimum Gasteiger partial charge on any atom is -0.480 e. The average molecular weight is 391 g/mol. The van der Waals surface area contributed by atoms with Gasteiger partial charge in [0.25, 0.3) is 0 Å². The number of hydrogen-bond donors (Lipinski definition) is 1. The van der Waals surface area contributed by atoms with Crippen molar-refractivity contribution in [3.8, 4) is 0 Å². The van der Waals surface area contributed by atoms with Crippen molar-refractivity contribution in [1.29, 1.82) is 0 Å². The van der Waals surface area contributed by atoms with Crippen molar-refractivity contribution in [3.63, 3.8) is 0 Å². The minimum absolute atomic E-state index is 0.0319. The molecule has 0 aromatic carbocycles. The highest BCUT2D eigenvalue weighted by atomic mass is 32.2. The van der Waals surface area contributed by atoms with Gasteiger partial charge in [0, 0.05) is 19.6 Å². The van der Waals surface area contributed by atoms with Crippen LogP contribution in [0, 0.1) is 17.8 Å². The van der Waals surface area contributed by atoms with Crippen molar-refractivity contribution in [1.82, 2.24) is 9.21 Å². The summed E-state index contributed by atoms with van der Waals surface area (Å²) in [6, 6.07) is 0. The molecule has 2 fully saturated rings. The van der Waals surface area contributed by atoms with Crippen molar-refractivity contribution >= 4 is 22.1 Å². The van der Waals surface area contributed by atoms with Gasteiger partial charge >= 0.3 is 12.1 Å². The van der Waals surface area contributed by atoms with Gasteiger partial charge in [-0.25, -0.2) is 22.3 Å². The van der Waals surface area contributed by atoms with Crippen LogP contribution < -0.4 is 0 Å². The van der Waals surface area contributed by atoms with Crippen LogP contribution in [0.4, 0.5) is 4.79 Å². The monoisotopic (exact) mass is 390 g/mol. The molecule has 0 spiro atoms. The standard InChI is InChI=1S/C17H30N2O6S/c1-12(2)11-25-16(22)19-10-14(9-17(19,3)15(20)21)13-5-7-18(8-6-13)26(4,23)24/h12-14H,5-11H2,1-4H3,(H,20,21)/t14-,17-/m0/s1. The van der Waals surface area contributed by atoms with Crippen molar-refractivity contribution in [2.75, 3.05) is 32.5 Å². The Morgan fingerprint density at radius 3 is 2.27 bits per heavy atom. The fourth-order valence-electron chi connectivity index (χ4n) is 3.91. The van der Waals surface area contributed by atoms with Crippen molar-refractivity contribution < 1.29 is 27.9 Å². The molecule has 1 N–H and O–H groups in total. The van der Waals surface area contributed by atoms with E-state index < -0.39 is 27.6 Å². The quantitative estimate of drug-likeness (QED) is 0.765. The molecule has 26 heavy (non-hydrogen) atoms. The van der Waals surface area contributed by atoms with Gasteiger partial charge in [-0.15, -0.1) is 0 Å². The Labute approximate surface area is 155 Å². The molecule has 2 aliphatic heterocycles. The van der Waals surface area contributed by atoms with Gasteiger partial charge < -0.3 is 9.84 Å². The number of carbonyl (C=O) groups excluding carboxylic acids is 1. The van der Waals surface area contributed by atoms with Gasteiger partial charge in [0.2, 0.25) is 10.0 Å². The van der Waals surface area contributed by atoms with E-state index in [1.54, 1.807) is 6.92 Å². The Morgan fingerprint density at radius 1 is 1.23 bits per heavy atom. The second-order valence-corrected chi connectivity index (χ2v) is 10.1. The highest BCUT2D eigenvalue weighted by Gasteiger charge is 2.52. The first kappa shape index (κ1) is 21.0. The third kappa shape index (κ3) is 4.49. The summed E-state index contributed by atoms with van der Waals surface area (Å²) in [5, 5.41) is 9.70. The largest absolute Gasteiger partial charge is 0.480 e. The van der Waals surface area contributed by atoms with Crippen LogP contribution in [-0.2, 0) is 19.6 Å². The van der Waals surface area contributed by atoms with Crippen LogP contribution >= 0.6 is 0 Å². The van der Waals surface area contributed by atoms with Crippen LogP contribution in [-0.4, -0.2) is 72.8 Å². The Balaban J connectivity index is 2.06. The summed E-state index contributed by atoms with van der Waals surface area (Å²) in [6.45, 7) is 6.89. The van der Waals surface area contributed by atoms with Crippen LogP contribution in [0.15, 0.2) is 0 Å².